The molecule has 0 aliphatic carbocycles. The summed E-state index contributed by atoms with van der Waals surface area (Å²) in [5, 5.41) is 8.83. The molecule has 2 nitrogen and oxygen atoms in total. The van der Waals surface area contributed by atoms with E-state index in [1.165, 1.54) is 16.7 Å². The molecule has 2 aromatic carbocycles. The van der Waals surface area contributed by atoms with Crippen LogP contribution < -0.4 is 0 Å². The average Bonchev–Trinajstić information content (AvgIpc) is 2.32. The minimum Gasteiger partial charge on any atom is -0.481 e. The zero-order chi connectivity index (χ0) is 13.1. The highest BCUT2D eigenvalue weighted by Gasteiger charge is 2.06. The fourth-order valence-electron chi connectivity index (χ4n) is 2.09. The molecule has 0 fully saturated rings. The molecule has 0 spiro atoms. The number of carbonyl (C=O) groups is 1. The van der Waals surface area contributed by atoms with Crippen LogP contribution in [0.2, 0.25) is 0 Å². The first-order chi connectivity index (χ1) is 8.58. The van der Waals surface area contributed by atoms with E-state index in [2.05, 4.69) is 26.0 Å². The molecule has 18 heavy (non-hydrogen) atoms. The highest BCUT2D eigenvalue weighted by atomic mass is 16.4. The summed E-state index contributed by atoms with van der Waals surface area (Å²) in [7, 11) is 0. The van der Waals surface area contributed by atoms with Gasteiger partial charge in [-0.1, -0.05) is 42.5 Å². The van der Waals surface area contributed by atoms with E-state index >= 15 is 0 Å². The molecule has 0 aliphatic rings. The third-order valence-corrected chi connectivity index (χ3v) is 3.20. The van der Waals surface area contributed by atoms with Crippen molar-refractivity contribution in [1.82, 2.24) is 0 Å². The molecule has 0 saturated heterocycles. The molecule has 0 aliphatic heterocycles. The van der Waals surface area contributed by atoms with Gasteiger partial charge in [-0.25, -0.2) is 0 Å². The summed E-state index contributed by atoms with van der Waals surface area (Å²) < 4.78 is 0. The van der Waals surface area contributed by atoms with E-state index in [1.807, 2.05) is 30.3 Å². The average molecular weight is 240 g/mol. The standard InChI is InChI=1S/C16H16O2/c1-11-5-3-8-15(12(11)2)14-7-4-6-13(9-14)10-16(17)18/h3-9H,10H2,1-2H3,(H,17,18). The summed E-state index contributed by atoms with van der Waals surface area (Å²) in [6.45, 7) is 4.18. The van der Waals surface area contributed by atoms with Crippen molar-refractivity contribution < 1.29 is 9.90 Å². The zero-order valence-corrected chi connectivity index (χ0v) is 10.6. The van der Waals surface area contributed by atoms with Crippen LogP contribution in [0.4, 0.5) is 0 Å². The highest BCUT2D eigenvalue weighted by molar-refractivity contribution is 5.73. The molecule has 2 aromatic rings. The van der Waals surface area contributed by atoms with E-state index in [-0.39, 0.29) is 6.42 Å². The second-order valence-electron chi connectivity index (χ2n) is 4.52. The number of hydrogen-bond donors (Lipinski definition) is 1. The number of hydrogen-bond acceptors (Lipinski definition) is 1. The SMILES string of the molecule is Cc1cccc(-c2cccc(CC(=O)O)c2)c1C. The van der Waals surface area contributed by atoms with Gasteiger partial charge in [0.1, 0.15) is 0 Å². The van der Waals surface area contributed by atoms with Gasteiger partial charge in [0.2, 0.25) is 0 Å². The number of benzene rings is 2. The Kier molecular flexibility index (Phi) is 3.47. The summed E-state index contributed by atoms with van der Waals surface area (Å²) in [5.41, 5.74) is 5.57. The topological polar surface area (TPSA) is 37.3 Å². The van der Waals surface area contributed by atoms with Crippen molar-refractivity contribution in [1.29, 1.82) is 0 Å². The molecule has 0 amide bonds. The van der Waals surface area contributed by atoms with Crippen molar-refractivity contribution in [2.24, 2.45) is 0 Å². The highest BCUT2D eigenvalue weighted by Crippen LogP contribution is 2.26. The maximum Gasteiger partial charge on any atom is 0.307 e. The molecule has 0 heterocycles. The lowest BCUT2D eigenvalue weighted by atomic mass is 9.95. The second-order valence-corrected chi connectivity index (χ2v) is 4.52. The van der Waals surface area contributed by atoms with Crippen LogP contribution in [0.5, 0.6) is 0 Å². The van der Waals surface area contributed by atoms with Gasteiger partial charge in [-0.05, 0) is 41.7 Å². The summed E-state index contributed by atoms with van der Waals surface area (Å²) in [6.07, 6.45) is 0.0682. The van der Waals surface area contributed by atoms with Crippen LogP contribution in [-0.2, 0) is 11.2 Å². The van der Waals surface area contributed by atoms with Crippen LogP contribution in [-0.4, -0.2) is 11.1 Å². The largest absolute Gasteiger partial charge is 0.481 e. The first kappa shape index (κ1) is 12.4. The lowest BCUT2D eigenvalue weighted by Gasteiger charge is -2.09. The molecular formula is C16H16O2. The Hall–Kier alpha value is -2.09. The van der Waals surface area contributed by atoms with E-state index in [1.54, 1.807) is 0 Å². The molecule has 0 aromatic heterocycles. The van der Waals surface area contributed by atoms with Crippen LogP contribution >= 0.6 is 0 Å². The van der Waals surface area contributed by atoms with Crippen LogP contribution in [0, 0.1) is 13.8 Å². The molecule has 0 unspecified atom stereocenters. The molecule has 0 saturated carbocycles. The second kappa shape index (κ2) is 5.05. The Morgan fingerprint density at radius 2 is 1.83 bits per heavy atom. The van der Waals surface area contributed by atoms with Gasteiger partial charge in [-0.2, -0.15) is 0 Å². The monoisotopic (exact) mass is 240 g/mol. The van der Waals surface area contributed by atoms with Gasteiger partial charge in [0.15, 0.2) is 0 Å². The molecule has 2 rings (SSSR count). The molecule has 0 bridgehead atoms. The molecular weight excluding hydrogens is 224 g/mol. The Bertz CT molecular complexity index is 585. The first-order valence-corrected chi connectivity index (χ1v) is 5.95. The van der Waals surface area contributed by atoms with Crippen LogP contribution in [0.1, 0.15) is 16.7 Å². The summed E-state index contributed by atoms with van der Waals surface area (Å²) in [6, 6.07) is 13.9. The van der Waals surface area contributed by atoms with Gasteiger partial charge < -0.3 is 5.11 Å². The Balaban J connectivity index is 2.44. The summed E-state index contributed by atoms with van der Waals surface area (Å²) in [5.74, 6) is -0.798. The van der Waals surface area contributed by atoms with Gasteiger partial charge in [-0.3, -0.25) is 4.79 Å². The summed E-state index contributed by atoms with van der Waals surface area (Å²) in [4.78, 5) is 10.7. The van der Waals surface area contributed by atoms with E-state index in [4.69, 9.17) is 5.11 Å². The molecule has 92 valence electrons. The number of carboxylic acids is 1. The van der Waals surface area contributed by atoms with Crippen LogP contribution in [0.3, 0.4) is 0 Å². The van der Waals surface area contributed by atoms with E-state index in [0.29, 0.717) is 0 Å². The number of rotatable bonds is 3. The molecule has 2 heteroatoms. The molecule has 0 radical (unpaired) electrons. The van der Waals surface area contributed by atoms with Gasteiger partial charge >= 0.3 is 5.97 Å². The van der Waals surface area contributed by atoms with Crippen molar-refractivity contribution in [2.75, 3.05) is 0 Å². The smallest absolute Gasteiger partial charge is 0.307 e. The van der Waals surface area contributed by atoms with Gasteiger partial charge in [0.25, 0.3) is 0 Å². The number of aryl methyl sites for hydroxylation is 1. The third-order valence-electron chi connectivity index (χ3n) is 3.20. The van der Waals surface area contributed by atoms with Gasteiger partial charge in [-0.15, -0.1) is 0 Å². The van der Waals surface area contributed by atoms with Crippen molar-refractivity contribution in [3.05, 3.63) is 59.2 Å². The predicted octanol–water partition coefficient (Wildman–Crippen LogP) is 3.60. The maximum absolute atomic E-state index is 10.7. The molecule has 0 atom stereocenters. The first-order valence-electron chi connectivity index (χ1n) is 5.95. The predicted molar refractivity (Wildman–Crippen MR) is 72.7 cm³/mol. The third kappa shape index (κ3) is 2.59. The Morgan fingerprint density at radius 3 is 2.56 bits per heavy atom. The normalized spacial score (nSPS) is 10.3. The lowest BCUT2D eigenvalue weighted by molar-refractivity contribution is -0.136. The maximum atomic E-state index is 10.7. The minimum absolute atomic E-state index is 0.0682. The Morgan fingerprint density at radius 1 is 1.11 bits per heavy atom. The van der Waals surface area contributed by atoms with Crippen molar-refractivity contribution in [3.8, 4) is 11.1 Å². The van der Waals surface area contributed by atoms with E-state index < -0.39 is 5.97 Å². The van der Waals surface area contributed by atoms with Crippen molar-refractivity contribution in [2.45, 2.75) is 20.3 Å². The zero-order valence-electron chi connectivity index (χ0n) is 10.6. The fraction of sp³-hybridized carbons (Fsp3) is 0.188. The minimum atomic E-state index is -0.798. The lowest BCUT2D eigenvalue weighted by Crippen LogP contribution is -2.00. The van der Waals surface area contributed by atoms with Crippen LogP contribution in [0.25, 0.3) is 11.1 Å². The van der Waals surface area contributed by atoms with Gasteiger partial charge in [0, 0.05) is 0 Å². The van der Waals surface area contributed by atoms with Crippen molar-refractivity contribution >= 4 is 5.97 Å². The molecule has 1 N–H and O–H groups in total. The van der Waals surface area contributed by atoms with E-state index in [9.17, 15) is 4.79 Å². The number of carboxylic acid groups (broad SMARTS) is 1. The van der Waals surface area contributed by atoms with Crippen molar-refractivity contribution in [3.63, 3.8) is 0 Å². The van der Waals surface area contributed by atoms with Gasteiger partial charge in [0.05, 0.1) is 6.42 Å². The number of aliphatic carboxylic acids is 1. The Labute approximate surface area is 107 Å². The van der Waals surface area contributed by atoms with E-state index in [0.717, 1.165) is 11.1 Å². The van der Waals surface area contributed by atoms with Crippen LogP contribution in [0.15, 0.2) is 42.5 Å². The quantitative estimate of drug-likeness (QED) is 0.890. The summed E-state index contributed by atoms with van der Waals surface area (Å²) >= 11 is 0. The fourth-order valence-corrected chi connectivity index (χ4v) is 2.09.